The van der Waals surface area contributed by atoms with Gasteiger partial charge in [0.1, 0.15) is 11.4 Å². The minimum Gasteiger partial charge on any atom is -0.479 e. The van der Waals surface area contributed by atoms with Crippen LogP contribution in [0.2, 0.25) is 0 Å². The molecule has 1 aromatic carbocycles. The molecule has 1 saturated heterocycles. The van der Waals surface area contributed by atoms with E-state index in [1.165, 1.54) is 7.05 Å². The maximum absolute atomic E-state index is 12.7. The number of nitro benzene ring substituents is 1. The molecule has 40 heavy (non-hydrogen) atoms. The normalized spacial score (nSPS) is 22.3. The minimum absolute atomic E-state index is 0.202. The largest absolute Gasteiger partial charge is 0.479 e. The number of aliphatic carboxylic acids is 1. The van der Waals surface area contributed by atoms with Gasteiger partial charge in [-0.15, -0.1) is 0 Å². The molecule has 0 unspecified atom stereocenters. The second-order valence-electron chi connectivity index (χ2n) is 9.55. The number of benzene rings is 1. The average Bonchev–Trinajstić information content (AvgIpc) is 2.79. The Morgan fingerprint density at radius 1 is 0.950 bits per heavy atom. The van der Waals surface area contributed by atoms with Crippen molar-refractivity contribution < 1.29 is 62.4 Å². The number of nitrogens with zero attached hydrogens (tertiary/aromatic N) is 2. The highest BCUT2D eigenvalue weighted by atomic mass is 16.7. The van der Waals surface area contributed by atoms with Gasteiger partial charge in [-0.1, -0.05) is 0 Å². The van der Waals surface area contributed by atoms with E-state index in [0.717, 1.165) is 43.9 Å². The van der Waals surface area contributed by atoms with Gasteiger partial charge in [-0.25, -0.2) is 9.59 Å². The van der Waals surface area contributed by atoms with E-state index in [9.17, 15) is 39.2 Å². The number of hydrogen-bond donors (Lipinski definition) is 1. The number of esters is 3. The first-order valence-electron chi connectivity index (χ1n) is 11.7. The van der Waals surface area contributed by atoms with E-state index in [-0.39, 0.29) is 11.4 Å². The van der Waals surface area contributed by atoms with Crippen LogP contribution in [0.5, 0.6) is 5.75 Å². The summed E-state index contributed by atoms with van der Waals surface area (Å²) in [6.07, 6.45) is -9.91. The Kier molecular flexibility index (Phi) is 9.99. The molecule has 1 N–H and O–H groups in total. The van der Waals surface area contributed by atoms with Gasteiger partial charge < -0.3 is 33.5 Å². The number of non-ortho nitro benzene ring substituents is 1. The molecule has 5 atom stereocenters. The lowest BCUT2D eigenvalue weighted by atomic mass is 9.97. The Balaban J connectivity index is 2.64. The molecule has 1 aliphatic heterocycles. The molecule has 2 rings (SSSR count). The molecule has 16 heteroatoms. The Morgan fingerprint density at radius 2 is 1.48 bits per heavy atom. The molecule has 0 saturated carbocycles. The molecule has 16 nitrogen and oxygen atoms in total. The van der Waals surface area contributed by atoms with Crippen LogP contribution in [0.4, 0.5) is 16.2 Å². The van der Waals surface area contributed by atoms with Crippen molar-refractivity contribution in [2.75, 3.05) is 11.9 Å². The molecule has 1 aromatic rings. The molecule has 0 spiro atoms. The smallest absolute Gasteiger partial charge is 0.414 e. The highest BCUT2D eigenvalue weighted by Gasteiger charge is 2.55. The zero-order chi connectivity index (χ0) is 30.5. The fourth-order valence-electron chi connectivity index (χ4n) is 3.60. The number of carboxylic acids is 1. The summed E-state index contributed by atoms with van der Waals surface area (Å²) in [4.78, 5) is 72.0. The Hall–Kier alpha value is -4.47. The molecule has 1 amide bonds. The summed E-state index contributed by atoms with van der Waals surface area (Å²) in [5.74, 6) is -4.73. The lowest BCUT2D eigenvalue weighted by Crippen LogP contribution is -2.64. The summed E-state index contributed by atoms with van der Waals surface area (Å²) in [5, 5.41) is 21.2. The molecule has 0 radical (unpaired) electrons. The quantitative estimate of drug-likeness (QED) is 0.205. The van der Waals surface area contributed by atoms with Crippen molar-refractivity contribution in [2.24, 2.45) is 0 Å². The summed E-state index contributed by atoms with van der Waals surface area (Å²) in [6, 6.07) is 3.12. The topological polar surface area (TPSA) is 207 Å². The molecule has 1 aliphatic rings. The van der Waals surface area contributed by atoms with E-state index in [2.05, 4.69) is 0 Å². The number of carboxylic acid groups (broad SMARTS) is 1. The van der Waals surface area contributed by atoms with Gasteiger partial charge in [-0.05, 0) is 26.8 Å². The number of hydrogen-bond acceptors (Lipinski definition) is 13. The molecule has 0 aromatic heterocycles. The fourth-order valence-corrected chi connectivity index (χ4v) is 3.60. The van der Waals surface area contributed by atoms with E-state index in [0.29, 0.717) is 0 Å². The van der Waals surface area contributed by atoms with E-state index >= 15 is 0 Å². The van der Waals surface area contributed by atoms with Gasteiger partial charge >= 0.3 is 30.0 Å². The predicted molar refractivity (Wildman–Crippen MR) is 131 cm³/mol. The fraction of sp³-hybridized carbons (Fsp3) is 0.542. The zero-order valence-electron chi connectivity index (χ0n) is 22.8. The molecule has 1 fully saturated rings. The number of nitro groups is 1. The first-order valence-corrected chi connectivity index (χ1v) is 11.7. The molecule has 1 heterocycles. The van der Waals surface area contributed by atoms with Gasteiger partial charge in [-0.2, -0.15) is 0 Å². The number of rotatable bonds is 8. The number of ether oxygens (including phenoxy) is 6. The van der Waals surface area contributed by atoms with Crippen LogP contribution in [0.3, 0.4) is 0 Å². The van der Waals surface area contributed by atoms with Gasteiger partial charge in [0.05, 0.1) is 10.6 Å². The van der Waals surface area contributed by atoms with Gasteiger partial charge in [0.15, 0.2) is 18.3 Å². The van der Waals surface area contributed by atoms with Crippen LogP contribution >= 0.6 is 0 Å². The maximum atomic E-state index is 12.7. The second kappa shape index (κ2) is 12.6. The summed E-state index contributed by atoms with van der Waals surface area (Å²) in [7, 11) is 1.24. The molecule has 0 aliphatic carbocycles. The molecule has 220 valence electrons. The van der Waals surface area contributed by atoms with E-state index in [1.807, 2.05) is 0 Å². The molecular weight excluding hydrogens is 540 g/mol. The lowest BCUT2D eigenvalue weighted by Gasteiger charge is -2.43. The monoisotopic (exact) mass is 570 g/mol. The van der Waals surface area contributed by atoms with E-state index in [1.54, 1.807) is 20.8 Å². The van der Waals surface area contributed by atoms with Crippen molar-refractivity contribution in [1.29, 1.82) is 0 Å². The van der Waals surface area contributed by atoms with Crippen molar-refractivity contribution in [2.45, 2.75) is 77.8 Å². The van der Waals surface area contributed by atoms with Crippen LogP contribution in [0.25, 0.3) is 0 Å². The summed E-state index contributed by atoms with van der Waals surface area (Å²) >= 11 is 0. The standard InChI is InChI=1S/C24H30N2O14/c1-11(27)35-17-18(36-12(2)28)20(37-13(3)29)22(39-19(17)21(30)31)38-16-9-8-14(26(33)34)10-15(16)25(7)23(32)40-24(4,5)6/h8-10,17-20,22H,1-7H3,(H,30,31)/t17-,18-,19-,20+,22+/m0/s1. The maximum Gasteiger partial charge on any atom is 0.414 e. The van der Waals surface area contributed by atoms with Gasteiger partial charge in [0, 0.05) is 40.0 Å². The zero-order valence-corrected chi connectivity index (χ0v) is 22.8. The molecule has 0 bridgehead atoms. The molecular formula is C24H30N2O14. The third kappa shape index (κ3) is 8.26. The Morgan fingerprint density at radius 3 is 1.95 bits per heavy atom. The summed E-state index contributed by atoms with van der Waals surface area (Å²) in [5.41, 5.74) is -1.57. The number of carbonyl (C=O) groups excluding carboxylic acids is 4. The van der Waals surface area contributed by atoms with Crippen LogP contribution in [0.15, 0.2) is 18.2 Å². The third-order valence-corrected chi connectivity index (χ3v) is 5.07. The third-order valence-electron chi connectivity index (χ3n) is 5.07. The van der Waals surface area contributed by atoms with Gasteiger partial charge in [-0.3, -0.25) is 29.4 Å². The highest BCUT2D eigenvalue weighted by Crippen LogP contribution is 2.37. The first-order chi connectivity index (χ1) is 18.4. The van der Waals surface area contributed by atoms with Crippen LogP contribution < -0.4 is 9.64 Å². The summed E-state index contributed by atoms with van der Waals surface area (Å²) < 4.78 is 32.1. The lowest BCUT2D eigenvalue weighted by molar-refractivity contribution is -0.384. The van der Waals surface area contributed by atoms with Crippen LogP contribution in [0.1, 0.15) is 41.5 Å². The van der Waals surface area contributed by atoms with Crippen molar-refractivity contribution in [3.05, 3.63) is 28.3 Å². The van der Waals surface area contributed by atoms with E-state index < -0.39 is 76.9 Å². The minimum atomic E-state index is -1.98. The SMILES string of the molecule is CC(=O)O[C@@H]1[C@@H](OC(C)=O)[C@H](Oc2ccc([N+](=O)[O-])cc2N(C)C(=O)OC(C)(C)C)O[C@H](C(=O)O)[C@H]1OC(C)=O. The van der Waals surface area contributed by atoms with Crippen molar-refractivity contribution >= 4 is 41.3 Å². The van der Waals surface area contributed by atoms with Crippen molar-refractivity contribution in [3.63, 3.8) is 0 Å². The van der Waals surface area contributed by atoms with Gasteiger partial charge in [0.2, 0.25) is 12.4 Å². The number of carbonyl (C=O) groups is 5. The Bertz CT molecular complexity index is 1180. The van der Waals surface area contributed by atoms with Crippen molar-refractivity contribution in [3.8, 4) is 5.75 Å². The number of anilines is 1. The first kappa shape index (κ1) is 31.7. The predicted octanol–water partition coefficient (Wildman–Crippen LogP) is 1.95. The second-order valence-corrected chi connectivity index (χ2v) is 9.55. The summed E-state index contributed by atoms with van der Waals surface area (Å²) in [6.45, 7) is 7.76. The number of amides is 1. The Labute approximate surface area is 228 Å². The van der Waals surface area contributed by atoms with Crippen LogP contribution in [-0.4, -0.2) is 83.4 Å². The van der Waals surface area contributed by atoms with E-state index in [4.69, 9.17) is 28.4 Å². The highest BCUT2D eigenvalue weighted by molar-refractivity contribution is 5.90. The van der Waals surface area contributed by atoms with Crippen molar-refractivity contribution in [1.82, 2.24) is 0 Å². The van der Waals surface area contributed by atoms with Gasteiger partial charge in [0.25, 0.3) is 5.69 Å². The van der Waals surface area contributed by atoms with Crippen LogP contribution in [0, 0.1) is 10.1 Å². The van der Waals surface area contributed by atoms with Crippen LogP contribution in [-0.2, 0) is 42.9 Å². The average molecular weight is 571 g/mol.